The summed E-state index contributed by atoms with van der Waals surface area (Å²) in [5, 5.41) is 18.2. The fourth-order valence-electron chi connectivity index (χ4n) is 1.82. The summed E-state index contributed by atoms with van der Waals surface area (Å²) in [7, 11) is 0. The topological polar surface area (TPSA) is 65.0 Å². The Labute approximate surface area is 94.2 Å². The summed E-state index contributed by atoms with van der Waals surface area (Å²) in [5.74, 6) is 0.193. The lowest BCUT2D eigenvalue weighted by molar-refractivity contribution is 0.122. The maximum absolute atomic E-state index is 9.57. The summed E-state index contributed by atoms with van der Waals surface area (Å²) in [5.41, 5.74) is 3.79. The van der Waals surface area contributed by atoms with E-state index in [0.29, 0.717) is 5.56 Å². The number of hydrogen-bond acceptors (Lipinski definition) is 5. The van der Waals surface area contributed by atoms with E-state index in [1.165, 1.54) is 0 Å². The van der Waals surface area contributed by atoms with Gasteiger partial charge in [-0.3, -0.25) is 0 Å². The Bertz CT molecular complexity index is 351. The molecule has 0 bridgehead atoms. The third-order valence-corrected chi connectivity index (χ3v) is 2.71. The van der Waals surface area contributed by atoms with Gasteiger partial charge in [-0.1, -0.05) is 0 Å². The molecule has 1 heterocycles. The van der Waals surface area contributed by atoms with Gasteiger partial charge in [-0.15, -0.1) is 0 Å². The van der Waals surface area contributed by atoms with Gasteiger partial charge in [0.25, 0.3) is 0 Å². The van der Waals surface area contributed by atoms with Gasteiger partial charge < -0.3 is 20.0 Å². The predicted octanol–water partition coefficient (Wildman–Crippen LogP) is 0.708. The van der Waals surface area contributed by atoms with Crippen molar-refractivity contribution in [3.63, 3.8) is 0 Å². The molecular formula is C11H16N2O3. The van der Waals surface area contributed by atoms with Gasteiger partial charge in [0, 0.05) is 30.9 Å². The monoisotopic (exact) mass is 224 g/mol. The third-order valence-electron chi connectivity index (χ3n) is 2.71. The molecule has 3 N–H and O–H groups in total. The minimum Gasteiger partial charge on any atom is -0.508 e. The van der Waals surface area contributed by atoms with Crippen molar-refractivity contribution in [2.45, 2.75) is 6.54 Å². The number of benzene rings is 1. The molecule has 0 saturated carbocycles. The Morgan fingerprint density at radius 2 is 2.06 bits per heavy atom. The fourth-order valence-corrected chi connectivity index (χ4v) is 1.82. The number of morpholine rings is 1. The Balaban J connectivity index is 2.17. The Kier molecular flexibility index (Phi) is 3.61. The van der Waals surface area contributed by atoms with Crippen molar-refractivity contribution < 1.29 is 15.1 Å². The molecule has 88 valence electrons. The van der Waals surface area contributed by atoms with E-state index in [4.69, 9.17) is 9.94 Å². The molecule has 5 nitrogen and oxygen atoms in total. The molecule has 0 aromatic heterocycles. The van der Waals surface area contributed by atoms with Crippen LogP contribution in [-0.2, 0) is 11.3 Å². The van der Waals surface area contributed by atoms with E-state index < -0.39 is 0 Å². The molecule has 1 aromatic rings. The van der Waals surface area contributed by atoms with Gasteiger partial charge in [0.2, 0.25) is 0 Å². The number of ether oxygens (including phenoxy) is 1. The van der Waals surface area contributed by atoms with Crippen LogP contribution in [-0.4, -0.2) is 36.6 Å². The van der Waals surface area contributed by atoms with E-state index in [0.717, 1.165) is 32.0 Å². The van der Waals surface area contributed by atoms with E-state index in [1.807, 2.05) is 12.1 Å². The molecule has 1 aromatic carbocycles. The van der Waals surface area contributed by atoms with Crippen molar-refractivity contribution >= 4 is 5.69 Å². The highest BCUT2D eigenvalue weighted by atomic mass is 16.5. The number of phenols is 1. The van der Waals surface area contributed by atoms with Crippen LogP contribution in [0.3, 0.4) is 0 Å². The van der Waals surface area contributed by atoms with E-state index in [2.05, 4.69) is 10.4 Å². The fraction of sp³-hybridized carbons (Fsp3) is 0.455. The van der Waals surface area contributed by atoms with Crippen LogP contribution >= 0.6 is 0 Å². The van der Waals surface area contributed by atoms with Gasteiger partial charge in [-0.2, -0.15) is 0 Å². The highest BCUT2D eigenvalue weighted by molar-refractivity contribution is 5.53. The van der Waals surface area contributed by atoms with Gasteiger partial charge >= 0.3 is 0 Å². The Morgan fingerprint density at radius 1 is 1.31 bits per heavy atom. The smallest absolute Gasteiger partial charge is 0.120 e. The summed E-state index contributed by atoms with van der Waals surface area (Å²) in [6.45, 7) is 3.42. The number of aromatic hydroxyl groups is 1. The average Bonchev–Trinajstić information content (AvgIpc) is 2.33. The number of nitrogens with one attached hydrogen (secondary N) is 1. The molecule has 0 amide bonds. The molecule has 1 saturated heterocycles. The number of hydroxylamine groups is 1. The first-order chi connectivity index (χ1) is 7.81. The normalized spacial score (nSPS) is 16.4. The maximum Gasteiger partial charge on any atom is 0.120 e. The zero-order chi connectivity index (χ0) is 11.4. The summed E-state index contributed by atoms with van der Waals surface area (Å²) in [6.07, 6.45) is 0. The second-order valence-corrected chi connectivity index (χ2v) is 3.75. The SMILES string of the molecule is ONCc1cc(N2CCOCC2)ccc1O. The van der Waals surface area contributed by atoms with E-state index in [9.17, 15) is 5.11 Å². The van der Waals surface area contributed by atoms with Crippen molar-refractivity contribution in [2.75, 3.05) is 31.2 Å². The first-order valence-electron chi connectivity index (χ1n) is 5.33. The molecule has 0 unspecified atom stereocenters. The molecular weight excluding hydrogens is 208 g/mol. The number of rotatable bonds is 3. The van der Waals surface area contributed by atoms with Crippen LogP contribution in [0.4, 0.5) is 5.69 Å². The molecule has 1 fully saturated rings. The summed E-state index contributed by atoms with van der Waals surface area (Å²) < 4.78 is 5.28. The first kappa shape index (κ1) is 11.2. The number of hydrogen-bond donors (Lipinski definition) is 3. The second-order valence-electron chi connectivity index (χ2n) is 3.75. The summed E-state index contributed by atoms with van der Waals surface area (Å²) >= 11 is 0. The molecule has 0 atom stereocenters. The molecule has 0 radical (unpaired) electrons. The van der Waals surface area contributed by atoms with Crippen LogP contribution in [0.25, 0.3) is 0 Å². The van der Waals surface area contributed by atoms with Gasteiger partial charge in [0.1, 0.15) is 5.75 Å². The molecule has 16 heavy (non-hydrogen) atoms. The van der Waals surface area contributed by atoms with Gasteiger partial charge in [-0.25, -0.2) is 5.48 Å². The molecule has 1 aliphatic heterocycles. The van der Waals surface area contributed by atoms with Crippen LogP contribution < -0.4 is 10.4 Å². The second kappa shape index (κ2) is 5.16. The average molecular weight is 224 g/mol. The molecule has 2 rings (SSSR count). The molecule has 0 spiro atoms. The lowest BCUT2D eigenvalue weighted by Crippen LogP contribution is -2.36. The van der Waals surface area contributed by atoms with Crippen LogP contribution in [0.5, 0.6) is 5.75 Å². The predicted molar refractivity (Wildman–Crippen MR) is 59.8 cm³/mol. The largest absolute Gasteiger partial charge is 0.508 e. The number of nitrogens with zero attached hydrogens (tertiary/aromatic N) is 1. The highest BCUT2D eigenvalue weighted by Gasteiger charge is 2.12. The third kappa shape index (κ3) is 2.44. The number of phenolic OH excluding ortho intramolecular Hbond substituents is 1. The van der Waals surface area contributed by atoms with Crippen LogP contribution in [0.2, 0.25) is 0 Å². The zero-order valence-electron chi connectivity index (χ0n) is 9.02. The molecule has 0 aliphatic carbocycles. The van der Waals surface area contributed by atoms with E-state index >= 15 is 0 Å². The minimum absolute atomic E-state index is 0.193. The highest BCUT2D eigenvalue weighted by Crippen LogP contribution is 2.24. The van der Waals surface area contributed by atoms with Crippen molar-refractivity contribution in [2.24, 2.45) is 0 Å². The Hall–Kier alpha value is -1.30. The quantitative estimate of drug-likeness (QED) is 0.660. The van der Waals surface area contributed by atoms with Crippen LogP contribution in [0.15, 0.2) is 18.2 Å². The number of anilines is 1. The lowest BCUT2D eigenvalue weighted by Gasteiger charge is -2.29. The summed E-state index contributed by atoms with van der Waals surface area (Å²) in [6, 6.07) is 5.41. The zero-order valence-corrected chi connectivity index (χ0v) is 9.02. The molecule has 5 heteroatoms. The van der Waals surface area contributed by atoms with Crippen LogP contribution in [0, 0.1) is 0 Å². The molecule has 1 aliphatic rings. The summed E-state index contributed by atoms with van der Waals surface area (Å²) in [4.78, 5) is 2.20. The van der Waals surface area contributed by atoms with Gasteiger partial charge in [0.15, 0.2) is 0 Å². The van der Waals surface area contributed by atoms with E-state index in [-0.39, 0.29) is 12.3 Å². The van der Waals surface area contributed by atoms with Crippen LogP contribution in [0.1, 0.15) is 5.56 Å². The Morgan fingerprint density at radius 3 is 2.75 bits per heavy atom. The van der Waals surface area contributed by atoms with Crippen molar-refractivity contribution in [3.05, 3.63) is 23.8 Å². The van der Waals surface area contributed by atoms with Crippen molar-refractivity contribution in [3.8, 4) is 5.75 Å². The standard InChI is InChI=1S/C11H16N2O3/c14-11-2-1-10(7-9(11)8-12-15)13-3-5-16-6-4-13/h1-2,7,12,14-15H,3-6,8H2. The maximum atomic E-state index is 9.57. The first-order valence-corrected chi connectivity index (χ1v) is 5.33. The minimum atomic E-state index is 0.193. The van der Waals surface area contributed by atoms with Crippen molar-refractivity contribution in [1.82, 2.24) is 5.48 Å². The lowest BCUT2D eigenvalue weighted by atomic mass is 10.1. The van der Waals surface area contributed by atoms with Crippen molar-refractivity contribution in [1.29, 1.82) is 0 Å². The van der Waals surface area contributed by atoms with E-state index in [1.54, 1.807) is 6.07 Å². The van der Waals surface area contributed by atoms with Gasteiger partial charge in [0.05, 0.1) is 13.2 Å². The van der Waals surface area contributed by atoms with Gasteiger partial charge in [-0.05, 0) is 18.2 Å².